The lowest BCUT2D eigenvalue weighted by atomic mass is 10.0. The Morgan fingerprint density at radius 2 is 2.35 bits per heavy atom. The van der Waals surface area contributed by atoms with E-state index < -0.39 is 0 Å². The lowest BCUT2D eigenvalue weighted by Crippen LogP contribution is -2.39. The smallest absolute Gasteiger partial charge is 0.101 e. The molecule has 1 aromatic carbocycles. The van der Waals surface area contributed by atoms with Crippen molar-refractivity contribution >= 4 is 5.69 Å². The minimum Gasteiger partial charge on any atom is -0.380 e. The Labute approximate surface area is 121 Å². The van der Waals surface area contributed by atoms with Crippen LogP contribution in [-0.4, -0.2) is 32.8 Å². The zero-order chi connectivity index (χ0) is 14.4. The first-order chi connectivity index (χ1) is 9.78. The molecule has 1 aliphatic heterocycles. The molecule has 1 aliphatic rings. The van der Waals surface area contributed by atoms with Crippen LogP contribution < -0.4 is 10.2 Å². The molecule has 0 saturated carbocycles. The molecule has 20 heavy (non-hydrogen) atoms. The lowest BCUT2D eigenvalue weighted by molar-refractivity contribution is 0.0893. The number of anilines is 1. The molecular formula is C16H23N3O. The van der Waals surface area contributed by atoms with Gasteiger partial charge in [-0.05, 0) is 37.1 Å². The van der Waals surface area contributed by atoms with Gasteiger partial charge < -0.3 is 15.0 Å². The quantitative estimate of drug-likeness (QED) is 0.894. The van der Waals surface area contributed by atoms with Gasteiger partial charge in [0.1, 0.15) is 6.07 Å². The molecule has 1 fully saturated rings. The van der Waals surface area contributed by atoms with Gasteiger partial charge in [-0.1, -0.05) is 13.0 Å². The summed E-state index contributed by atoms with van der Waals surface area (Å²) in [6, 6.07) is 8.51. The highest BCUT2D eigenvalue weighted by Gasteiger charge is 2.21. The highest BCUT2D eigenvalue weighted by Crippen LogP contribution is 2.25. The molecule has 4 heteroatoms. The number of ether oxygens (including phenoxy) is 1. The molecule has 0 bridgehead atoms. The summed E-state index contributed by atoms with van der Waals surface area (Å²) in [5.41, 5.74) is 2.96. The number of piperidine rings is 1. The van der Waals surface area contributed by atoms with E-state index in [1.54, 1.807) is 7.11 Å². The molecule has 1 saturated heterocycles. The summed E-state index contributed by atoms with van der Waals surface area (Å²) >= 11 is 0. The van der Waals surface area contributed by atoms with Crippen LogP contribution in [0.3, 0.4) is 0 Å². The fourth-order valence-electron chi connectivity index (χ4n) is 2.68. The van der Waals surface area contributed by atoms with Crippen molar-refractivity contribution in [2.24, 2.45) is 0 Å². The summed E-state index contributed by atoms with van der Waals surface area (Å²) < 4.78 is 5.46. The molecule has 1 aromatic rings. The van der Waals surface area contributed by atoms with Crippen LogP contribution in [0.4, 0.5) is 5.69 Å². The highest BCUT2D eigenvalue weighted by atomic mass is 16.5. The van der Waals surface area contributed by atoms with E-state index in [1.165, 1.54) is 0 Å². The second-order valence-electron chi connectivity index (χ2n) is 5.19. The van der Waals surface area contributed by atoms with Crippen LogP contribution in [0.5, 0.6) is 0 Å². The molecule has 0 aromatic heterocycles. The number of rotatable bonds is 5. The van der Waals surface area contributed by atoms with Gasteiger partial charge in [0.05, 0.1) is 17.4 Å². The minimum absolute atomic E-state index is 0.275. The van der Waals surface area contributed by atoms with Crippen LogP contribution in [0.2, 0.25) is 0 Å². The van der Waals surface area contributed by atoms with Crippen LogP contribution in [0.15, 0.2) is 18.2 Å². The normalized spacial score (nSPS) is 18.9. The standard InChI is InChI=1S/C16H23N3O/c1-3-18-11-13-6-7-16(14(9-13)10-17)19-8-4-5-15(12-19)20-2/h6-7,9,15,18H,3-5,8,11-12H2,1-2H3. The van der Waals surface area contributed by atoms with Crippen molar-refractivity contribution in [3.63, 3.8) is 0 Å². The molecule has 0 aliphatic carbocycles. The van der Waals surface area contributed by atoms with Gasteiger partial charge in [0.15, 0.2) is 0 Å². The molecule has 2 rings (SSSR count). The van der Waals surface area contributed by atoms with Crippen LogP contribution in [0.25, 0.3) is 0 Å². The fourth-order valence-corrected chi connectivity index (χ4v) is 2.68. The molecule has 1 unspecified atom stereocenters. The largest absolute Gasteiger partial charge is 0.380 e. The lowest BCUT2D eigenvalue weighted by Gasteiger charge is -2.34. The summed E-state index contributed by atoms with van der Waals surface area (Å²) in [6.07, 6.45) is 2.49. The third-order valence-corrected chi connectivity index (χ3v) is 3.81. The van der Waals surface area contributed by atoms with Gasteiger partial charge in [0.2, 0.25) is 0 Å². The Kier molecular flexibility index (Phi) is 5.40. The van der Waals surface area contributed by atoms with Gasteiger partial charge >= 0.3 is 0 Å². The van der Waals surface area contributed by atoms with E-state index in [-0.39, 0.29) is 6.10 Å². The molecule has 0 amide bonds. The van der Waals surface area contributed by atoms with Crippen LogP contribution >= 0.6 is 0 Å². The topological polar surface area (TPSA) is 48.3 Å². The van der Waals surface area contributed by atoms with E-state index >= 15 is 0 Å². The number of hydrogen-bond donors (Lipinski definition) is 1. The molecule has 108 valence electrons. The zero-order valence-corrected chi connectivity index (χ0v) is 12.4. The Bertz CT molecular complexity index is 481. The molecule has 4 nitrogen and oxygen atoms in total. The number of methoxy groups -OCH3 is 1. The van der Waals surface area contributed by atoms with E-state index in [4.69, 9.17) is 4.74 Å². The van der Waals surface area contributed by atoms with E-state index in [9.17, 15) is 5.26 Å². The Morgan fingerprint density at radius 3 is 3.05 bits per heavy atom. The minimum atomic E-state index is 0.275. The third kappa shape index (κ3) is 3.50. The first-order valence-corrected chi connectivity index (χ1v) is 7.30. The van der Waals surface area contributed by atoms with Crippen molar-refractivity contribution < 1.29 is 4.74 Å². The SMILES string of the molecule is CCNCc1ccc(N2CCCC(OC)C2)c(C#N)c1. The first kappa shape index (κ1) is 14.8. The van der Waals surface area contributed by atoms with Gasteiger partial charge in [0.25, 0.3) is 0 Å². The summed E-state index contributed by atoms with van der Waals surface area (Å²) in [7, 11) is 1.76. The molecule has 1 N–H and O–H groups in total. The Balaban J connectivity index is 2.16. The third-order valence-electron chi connectivity index (χ3n) is 3.81. The van der Waals surface area contributed by atoms with Crippen molar-refractivity contribution in [2.75, 3.05) is 31.6 Å². The van der Waals surface area contributed by atoms with Crippen molar-refractivity contribution in [2.45, 2.75) is 32.4 Å². The molecule has 0 radical (unpaired) electrons. The average Bonchev–Trinajstić information content (AvgIpc) is 2.52. The van der Waals surface area contributed by atoms with E-state index in [0.29, 0.717) is 0 Å². The van der Waals surface area contributed by atoms with Gasteiger partial charge in [-0.25, -0.2) is 0 Å². The van der Waals surface area contributed by atoms with Crippen molar-refractivity contribution in [3.8, 4) is 6.07 Å². The van der Waals surface area contributed by atoms with Crippen molar-refractivity contribution in [1.82, 2.24) is 5.32 Å². The molecule has 1 atom stereocenters. The van der Waals surface area contributed by atoms with Crippen LogP contribution in [0.1, 0.15) is 30.9 Å². The van der Waals surface area contributed by atoms with Crippen LogP contribution in [0, 0.1) is 11.3 Å². The molecule has 1 heterocycles. The van der Waals surface area contributed by atoms with E-state index in [1.807, 2.05) is 6.07 Å². The van der Waals surface area contributed by atoms with E-state index in [2.05, 4.69) is 35.3 Å². The van der Waals surface area contributed by atoms with Crippen molar-refractivity contribution in [1.29, 1.82) is 5.26 Å². The maximum Gasteiger partial charge on any atom is 0.101 e. The number of nitrogens with zero attached hydrogens (tertiary/aromatic N) is 2. The fraction of sp³-hybridized carbons (Fsp3) is 0.562. The van der Waals surface area contributed by atoms with Gasteiger partial charge in [0, 0.05) is 26.7 Å². The maximum absolute atomic E-state index is 9.39. The predicted octanol–water partition coefficient (Wildman–Crippen LogP) is 2.28. The maximum atomic E-state index is 9.39. The predicted molar refractivity (Wildman–Crippen MR) is 80.8 cm³/mol. The van der Waals surface area contributed by atoms with E-state index in [0.717, 1.165) is 55.8 Å². The summed E-state index contributed by atoms with van der Waals surface area (Å²) in [4.78, 5) is 2.27. The molecular weight excluding hydrogens is 250 g/mol. The summed E-state index contributed by atoms with van der Waals surface area (Å²) in [5, 5.41) is 12.7. The second-order valence-corrected chi connectivity index (χ2v) is 5.19. The number of hydrogen-bond acceptors (Lipinski definition) is 4. The van der Waals surface area contributed by atoms with Gasteiger partial charge in [-0.15, -0.1) is 0 Å². The monoisotopic (exact) mass is 273 g/mol. The van der Waals surface area contributed by atoms with Gasteiger partial charge in [-0.3, -0.25) is 0 Å². The number of nitriles is 1. The second kappa shape index (κ2) is 7.28. The number of nitrogens with one attached hydrogen (secondary N) is 1. The highest BCUT2D eigenvalue weighted by molar-refractivity contribution is 5.60. The van der Waals surface area contributed by atoms with Crippen molar-refractivity contribution in [3.05, 3.63) is 29.3 Å². The van der Waals surface area contributed by atoms with Gasteiger partial charge in [-0.2, -0.15) is 5.26 Å². The number of benzene rings is 1. The Morgan fingerprint density at radius 1 is 1.50 bits per heavy atom. The summed E-state index contributed by atoms with van der Waals surface area (Å²) in [6.45, 7) is 5.70. The summed E-state index contributed by atoms with van der Waals surface area (Å²) in [5.74, 6) is 0. The average molecular weight is 273 g/mol. The molecule has 0 spiro atoms. The zero-order valence-electron chi connectivity index (χ0n) is 12.4. The first-order valence-electron chi connectivity index (χ1n) is 7.30. The van der Waals surface area contributed by atoms with Crippen LogP contribution in [-0.2, 0) is 11.3 Å². The Hall–Kier alpha value is -1.57.